The molecular weight excluding hydrogens is 250 g/mol. The van der Waals surface area contributed by atoms with Crippen molar-refractivity contribution in [1.29, 1.82) is 0 Å². The van der Waals surface area contributed by atoms with Crippen molar-refractivity contribution in [3.63, 3.8) is 0 Å². The van der Waals surface area contributed by atoms with Crippen molar-refractivity contribution in [1.82, 2.24) is 14.7 Å². The Kier molecular flexibility index (Phi) is 3.01. The van der Waals surface area contributed by atoms with E-state index in [-0.39, 0.29) is 12.0 Å². The fourth-order valence-electron chi connectivity index (χ4n) is 2.15. The van der Waals surface area contributed by atoms with Crippen LogP contribution in [0.5, 0.6) is 5.88 Å². The van der Waals surface area contributed by atoms with Gasteiger partial charge in [-0.2, -0.15) is 4.98 Å². The number of aliphatic hydroxyl groups is 1. The molecule has 0 bridgehead atoms. The number of hydrogen-bond donors (Lipinski definition) is 2. The number of aromatic nitrogens is 2. The van der Waals surface area contributed by atoms with E-state index in [0.29, 0.717) is 12.4 Å². The third-order valence-corrected chi connectivity index (χ3v) is 4.36. The summed E-state index contributed by atoms with van der Waals surface area (Å²) in [7, 11) is 1.64. The number of imidazole rings is 1. The molecule has 2 N–H and O–H groups in total. The van der Waals surface area contributed by atoms with Crippen LogP contribution in [0.3, 0.4) is 0 Å². The van der Waals surface area contributed by atoms with Crippen molar-refractivity contribution < 1.29 is 9.84 Å². The number of thiazole rings is 1. The zero-order valence-electron chi connectivity index (χ0n) is 10.3. The Morgan fingerprint density at radius 2 is 2.44 bits per heavy atom. The first kappa shape index (κ1) is 12.0. The lowest BCUT2D eigenvalue weighted by atomic mass is 10.1. The van der Waals surface area contributed by atoms with Crippen LogP contribution in [0, 0.1) is 5.41 Å². The maximum atomic E-state index is 9.27. The molecule has 0 amide bonds. The Bertz CT molecular complexity index is 545. The number of rotatable bonds is 6. The quantitative estimate of drug-likeness (QED) is 0.827. The van der Waals surface area contributed by atoms with Crippen LogP contribution in [0.2, 0.25) is 0 Å². The van der Waals surface area contributed by atoms with E-state index in [4.69, 9.17) is 4.74 Å². The maximum absolute atomic E-state index is 9.27. The SMILES string of the molecule is COc1nc2sccn2c1CNCC1(CO)CC1. The Labute approximate surface area is 109 Å². The summed E-state index contributed by atoms with van der Waals surface area (Å²) in [5, 5.41) is 14.7. The molecule has 6 heteroatoms. The molecule has 0 radical (unpaired) electrons. The lowest BCUT2D eigenvalue weighted by molar-refractivity contribution is 0.207. The van der Waals surface area contributed by atoms with Gasteiger partial charge in [0.05, 0.1) is 7.11 Å². The van der Waals surface area contributed by atoms with Crippen LogP contribution in [0.4, 0.5) is 0 Å². The molecule has 1 aliphatic rings. The van der Waals surface area contributed by atoms with Crippen molar-refractivity contribution in [2.45, 2.75) is 19.4 Å². The minimum atomic E-state index is 0.131. The van der Waals surface area contributed by atoms with Crippen LogP contribution in [0.15, 0.2) is 11.6 Å². The highest BCUT2D eigenvalue weighted by Crippen LogP contribution is 2.44. The summed E-state index contributed by atoms with van der Waals surface area (Å²) >= 11 is 1.60. The first-order valence-electron chi connectivity index (χ1n) is 6.08. The van der Waals surface area contributed by atoms with Gasteiger partial charge in [0, 0.05) is 36.7 Å². The fraction of sp³-hybridized carbons (Fsp3) is 0.583. The number of aliphatic hydroxyl groups excluding tert-OH is 1. The van der Waals surface area contributed by atoms with Crippen molar-refractivity contribution in [3.05, 3.63) is 17.3 Å². The second kappa shape index (κ2) is 4.53. The highest BCUT2D eigenvalue weighted by molar-refractivity contribution is 7.15. The van der Waals surface area contributed by atoms with Crippen LogP contribution < -0.4 is 10.1 Å². The van der Waals surface area contributed by atoms with Gasteiger partial charge in [0.15, 0.2) is 4.96 Å². The number of fused-ring (bicyclic) bond motifs is 1. The summed E-state index contributed by atoms with van der Waals surface area (Å²) in [6, 6.07) is 0. The minimum absolute atomic E-state index is 0.131. The Balaban J connectivity index is 1.71. The van der Waals surface area contributed by atoms with Gasteiger partial charge < -0.3 is 15.2 Å². The highest BCUT2D eigenvalue weighted by atomic mass is 32.1. The summed E-state index contributed by atoms with van der Waals surface area (Å²) in [5.74, 6) is 0.684. The number of hydrogen-bond acceptors (Lipinski definition) is 5. The van der Waals surface area contributed by atoms with Crippen LogP contribution >= 0.6 is 11.3 Å². The molecule has 2 heterocycles. The smallest absolute Gasteiger partial charge is 0.237 e. The van der Waals surface area contributed by atoms with Crippen molar-refractivity contribution in [3.8, 4) is 5.88 Å². The van der Waals surface area contributed by atoms with Crippen LogP contribution in [0.25, 0.3) is 4.96 Å². The molecule has 0 aliphatic heterocycles. The maximum Gasteiger partial charge on any atom is 0.237 e. The van der Waals surface area contributed by atoms with E-state index < -0.39 is 0 Å². The normalized spacial score (nSPS) is 17.2. The Morgan fingerprint density at radius 1 is 1.61 bits per heavy atom. The predicted octanol–water partition coefficient (Wildman–Crippen LogP) is 1.27. The molecule has 1 fully saturated rings. The van der Waals surface area contributed by atoms with Gasteiger partial charge in [-0.1, -0.05) is 0 Å². The molecule has 1 aliphatic carbocycles. The van der Waals surface area contributed by atoms with E-state index in [2.05, 4.69) is 14.7 Å². The van der Waals surface area contributed by atoms with Gasteiger partial charge in [-0.05, 0) is 12.8 Å². The summed E-state index contributed by atoms with van der Waals surface area (Å²) < 4.78 is 7.35. The Morgan fingerprint density at radius 3 is 3.11 bits per heavy atom. The predicted molar refractivity (Wildman–Crippen MR) is 70.1 cm³/mol. The van der Waals surface area contributed by atoms with Crippen molar-refractivity contribution >= 4 is 16.3 Å². The summed E-state index contributed by atoms with van der Waals surface area (Å²) in [6.45, 7) is 1.84. The van der Waals surface area contributed by atoms with Crippen molar-refractivity contribution in [2.75, 3.05) is 20.3 Å². The van der Waals surface area contributed by atoms with Crippen LogP contribution in [0.1, 0.15) is 18.5 Å². The molecule has 2 aromatic rings. The van der Waals surface area contributed by atoms with Gasteiger partial charge >= 0.3 is 0 Å². The van der Waals surface area contributed by atoms with Gasteiger partial charge in [0.1, 0.15) is 5.69 Å². The number of methoxy groups -OCH3 is 1. The fourth-order valence-corrected chi connectivity index (χ4v) is 2.88. The van der Waals surface area contributed by atoms with E-state index in [1.807, 2.05) is 11.6 Å². The third kappa shape index (κ3) is 2.00. The number of nitrogens with zero attached hydrogens (tertiary/aromatic N) is 2. The molecule has 0 saturated heterocycles. The van der Waals surface area contributed by atoms with Gasteiger partial charge in [-0.15, -0.1) is 11.3 Å². The second-order valence-corrected chi connectivity index (χ2v) is 5.76. The van der Waals surface area contributed by atoms with Gasteiger partial charge in [-0.3, -0.25) is 4.40 Å². The van der Waals surface area contributed by atoms with E-state index in [9.17, 15) is 5.11 Å². The highest BCUT2D eigenvalue weighted by Gasteiger charge is 2.41. The third-order valence-electron chi connectivity index (χ3n) is 3.60. The molecular formula is C12H17N3O2S. The van der Waals surface area contributed by atoms with Crippen LogP contribution in [-0.2, 0) is 6.54 Å². The average Bonchev–Trinajstić information content (AvgIpc) is 2.89. The molecule has 2 aromatic heterocycles. The lowest BCUT2D eigenvalue weighted by Gasteiger charge is -2.12. The lowest BCUT2D eigenvalue weighted by Crippen LogP contribution is -2.26. The summed E-state index contributed by atoms with van der Waals surface area (Å²) in [6.07, 6.45) is 4.24. The van der Waals surface area contributed by atoms with Crippen molar-refractivity contribution in [2.24, 2.45) is 5.41 Å². The first-order valence-corrected chi connectivity index (χ1v) is 6.96. The standard InChI is InChI=1S/C12H17N3O2S/c1-17-10-9(15-4-5-18-11(15)14-10)6-13-7-12(8-16)2-3-12/h4-5,13,16H,2-3,6-8H2,1H3. The average molecular weight is 267 g/mol. The summed E-state index contributed by atoms with van der Waals surface area (Å²) in [5.41, 5.74) is 1.17. The zero-order chi connectivity index (χ0) is 12.6. The van der Waals surface area contributed by atoms with Gasteiger partial charge in [-0.25, -0.2) is 0 Å². The minimum Gasteiger partial charge on any atom is -0.480 e. The second-order valence-electron chi connectivity index (χ2n) is 4.89. The Hall–Kier alpha value is -1.11. The molecule has 0 aromatic carbocycles. The largest absolute Gasteiger partial charge is 0.480 e. The van der Waals surface area contributed by atoms with E-state index >= 15 is 0 Å². The molecule has 18 heavy (non-hydrogen) atoms. The molecule has 98 valence electrons. The van der Waals surface area contributed by atoms with E-state index in [1.165, 1.54) is 0 Å². The molecule has 0 spiro atoms. The van der Waals surface area contributed by atoms with Gasteiger partial charge in [0.25, 0.3) is 0 Å². The molecule has 1 saturated carbocycles. The molecule has 5 nitrogen and oxygen atoms in total. The molecule has 0 atom stereocenters. The number of ether oxygens (including phenoxy) is 1. The van der Waals surface area contributed by atoms with E-state index in [0.717, 1.165) is 30.0 Å². The molecule has 0 unspecified atom stereocenters. The zero-order valence-corrected chi connectivity index (χ0v) is 11.2. The first-order chi connectivity index (χ1) is 8.78. The summed E-state index contributed by atoms with van der Waals surface area (Å²) in [4.78, 5) is 5.36. The van der Waals surface area contributed by atoms with Crippen LogP contribution in [-0.4, -0.2) is 34.8 Å². The monoisotopic (exact) mass is 267 g/mol. The molecule has 3 rings (SSSR count). The van der Waals surface area contributed by atoms with Gasteiger partial charge in [0.2, 0.25) is 5.88 Å². The topological polar surface area (TPSA) is 58.8 Å². The van der Waals surface area contributed by atoms with E-state index in [1.54, 1.807) is 18.4 Å². The number of nitrogens with one attached hydrogen (secondary N) is 1.